The molecule has 0 bridgehead atoms. The van der Waals surface area contributed by atoms with Gasteiger partial charge in [-0.05, 0) is 24.6 Å². The van der Waals surface area contributed by atoms with Gasteiger partial charge in [-0.1, -0.05) is 17.7 Å². The number of likely N-dealkylation sites (tertiary alicyclic amines) is 1. The van der Waals surface area contributed by atoms with Gasteiger partial charge in [0, 0.05) is 36.4 Å². The number of benzene rings is 1. The monoisotopic (exact) mass is 291 g/mol. The standard InChI is InChI=1S/C14H14ClN3O2/c15-12-7-11(6-9-2-1-4-16-13(9)12)17-10-3-5-18(8-10)14(19)20/h1-2,4,6-7,10,17H,3,5,8H2,(H,19,20)/t10-/m1/s1. The number of anilines is 1. The number of hydrogen-bond donors (Lipinski definition) is 2. The molecule has 0 spiro atoms. The van der Waals surface area contributed by atoms with Crippen molar-refractivity contribution >= 4 is 34.3 Å². The molecule has 0 saturated carbocycles. The molecule has 0 aliphatic carbocycles. The van der Waals surface area contributed by atoms with Crippen LogP contribution in [-0.2, 0) is 0 Å². The molecular weight excluding hydrogens is 278 g/mol. The first-order valence-corrected chi connectivity index (χ1v) is 6.80. The van der Waals surface area contributed by atoms with Gasteiger partial charge in [0.15, 0.2) is 0 Å². The van der Waals surface area contributed by atoms with E-state index in [0.29, 0.717) is 18.1 Å². The molecule has 1 aliphatic heterocycles. The second kappa shape index (κ2) is 5.17. The third kappa shape index (κ3) is 2.49. The Hall–Kier alpha value is -2.01. The third-order valence-electron chi connectivity index (χ3n) is 3.49. The summed E-state index contributed by atoms with van der Waals surface area (Å²) in [5.74, 6) is 0. The van der Waals surface area contributed by atoms with E-state index in [1.54, 1.807) is 6.20 Å². The molecule has 104 valence electrons. The molecule has 1 saturated heterocycles. The van der Waals surface area contributed by atoms with Gasteiger partial charge in [-0.3, -0.25) is 4.98 Å². The van der Waals surface area contributed by atoms with Crippen molar-refractivity contribution in [3.05, 3.63) is 35.5 Å². The lowest BCUT2D eigenvalue weighted by atomic mass is 10.1. The molecule has 0 unspecified atom stereocenters. The van der Waals surface area contributed by atoms with E-state index < -0.39 is 6.09 Å². The van der Waals surface area contributed by atoms with Crippen molar-refractivity contribution in [2.45, 2.75) is 12.5 Å². The lowest BCUT2D eigenvalue weighted by molar-refractivity contribution is 0.155. The minimum Gasteiger partial charge on any atom is -0.465 e. The maximum absolute atomic E-state index is 10.9. The predicted octanol–water partition coefficient (Wildman–Crippen LogP) is 3.05. The molecule has 2 N–H and O–H groups in total. The van der Waals surface area contributed by atoms with Gasteiger partial charge in [-0.2, -0.15) is 0 Å². The zero-order valence-electron chi connectivity index (χ0n) is 10.7. The normalized spacial score (nSPS) is 18.4. The van der Waals surface area contributed by atoms with Crippen LogP contribution in [0.3, 0.4) is 0 Å². The second-order valence-corrected chi connectivity index (χ2v) is 5.30. The molecule has 1 atom stereocenters. The highest BCUT2D eigenvalue weighted by Gasteiger charge is 2.25. The Morgan fingerprint density at radius 1 is 1.50 bits per heavy atom. The van der Waals surface area contributed by atoms with Crippen molar-refractivity contribution in [1.29, 1.82) is 0 Å². The predicted molar refractivity (Wildman–Crippen MR) is 78.4 cm³/mol. The first kappa shape index (κ1) is 13.0. The van der Waals surface area contributed by atoms with Gasteiger partial charge in [-0.25, -0.2) is 4.79 Å². The second-order valence-electron chi connectivity index (χ2n) is 4.89. The summed E-state index contributed by atoms with van der Waals surface area (Å²) in [6.07, 6.45) is 1.65. The van der Waals surface area contributed by atoms with Gasteiger partial charge in [0.25, 0.3) is 0 Å². The Kier molecular flexibility index (Phi) is 3.36. The number of rotatable bonds is 2. The molecule has 20 heavy (non-hydrogen) atoms. The Morgan fingerprint density at radius 2 is 2.35 bits per heavy atom. The molecule has 1 aromatic carbocycles. The molecular formula is C14H14ClN3O2. The minimum absolute atomic E-state index is 0.122. The van der Waals surface area contributed by atoms with Crippen LogP contribution >= 0.6 is 11.6 Å². The van der Waals surface area contributed by atoms with Crippen LogP contribution in [0.25, 0.3) is 10.9 Å². The van der Waals surface area contributed by atoms with Crippen LogP contribution < -0.4 is 5.32 Å². The Balaban J connectivity index is 1.80. The molecule has 3 rings (SSSR count). The first-order chi connectivity index (χ1) is 9.63. The van der Waals surface area contributed by atoms with Gasteiger partial charge < -0.3 is 15.3 Å². The smallest absolute Gasteiger partial charge is 0.407 e. The van der Waals surface area contributed by atoms with Crippen molar-refractivity contribution in [2.24, 2.45) is 0 Å². The molecule has 2 aromatic rings. The average molecular weight is 292 g/mol. The number of carbonyl (C=O) groups is 1. The van der Waals surface area contributed by atoms with E-state index in [1.165, 1.54) is 4.90 Å². The Morgan fingerprint density at radius 3 is 3.10 bits per heavy atom. The topological polar surface area (TPSA) is 65.5 Å². The highest BCUT2D eigenvalue weighted by molar-refractivity contribution is 6.35. The van der Waals surface area contributed by atoms with Crippen LogP contribution in [0, 0.1) is 0 Å². The van der Waals surface area contributed by atoms with Gasteiger partial charge in [0.05, 0.1) is 10.5 Å². The Labute approximate surface area is 121 Å². The van der Waals surface area contributed by atoms with E-state index in [4.69, 9.17) is 16.7 Å². The van der Waals surface area contributed by atoms with E-state index in [1.807, 2.05) is 24.3 Å². The van der Waals surface area contributed by atoms with E-state index in [2.05, 4.69) is 10.3 Å². The summed E-state index contributed by atoms with van der Waals surface area (Å²) in [7, 11) is 0. The third-order valence-corrected chi connectivity index (χ3v) is 3.78. The van der Waals surface area contributed by atoms with Crippen LogP contribution in [0.4, 0.5) is 10.5 Å². The van der Waals surface area contributed by atoms with Crippen LogP contribution in [0.2, 0.25) is 5.02 Å². The zero-order valence-corrected chi connectivity index (χ0v) is 11.5. The lowest BCUT2D eigenvalue weighted by Crippen LogP contribution is -2.30. The summed E-state index contributed by atoms with van der Waals surface area (Å²) in [6, 6.07) is 7.76. The molecule has 1 aromatic heterocycles. The molecule has 6 heteroatoms. The largest absolute Gasteiger partial charge is 0.465 e. The molecule has 1 fully saturated rings. The molecule has 2 heterocycles. The van der Waals surface area contributed by atoms with Crippen molar-refractivity contribution < 1.29 is 9.90 Å². The number of nitrogens with one attached hydrogen (secondary N) is 1. The fraction of sp³-hybridized carbons (Fsp3) is 0.286. The van der Waals surface area contributed by atoms with E-state index in [-0.39, 0.29) is 6.04 Å². The number of fused-ring (bicyclic) bond motifs is 1. The van der Waals surface area contributed by atoms with E-state index in [9.17, 15) is 4.79 Å². The molecule has 1 aliphatic rings. The fourth-order valence-electron chi connectivity index (χ4n) is 2.52. The number of pyridine rings is 1. The summed E-state index contributed by atoms with van der Waals surface area (Å²) in [5, 5.41) is 13.9. The van der Waals surface area contributed by atoms with Gasteiger partial charge in [0.1, 0.15) is 0 Å². The van der Waals surface area contributed by atoms with Crippen molar-refractivity contribution in [2.75, 3.05) is 18.4 Å². The maximum Gasteiger partial charge on any atom is 0.407 e. The number of carboxylic acid groups (broad SMARTS) is 1. The summed E-state index contributed by atoms with van der Waals surface area (Å²) in [4.78, 5) is 16.6. The van der Waals surface area contributed by atoms with E-state index >= 15 is 0 Å². The number of nitrogens with zero attached hydrogens (tertiary/aromatic N) is 2. The van der Waals surface area contributed by atoms with Crippen molar-refractivity contribution in [3.63, 3.8) is 0 Å². The SMILES string of the molecule is O=C(O)N1CC[C@@H](Nc2cc(Cl)c3ncccc3c2)C1. The van der Waals surface area contributed by atoms with Gasteiger partial charge in [-0.15, -0.1) is 0 Å². The van der Waals surface area contributed by atoms with Gasteiger partial charge >= 0.3 is 6.09 Å². The first-order valence-electron chi connectivity index (χ1n) is 6.42. The fourth-order valence-corrected chi connectivity index (χ4v) is 2.79. The summed E-state index contributed by atoms with van der Waals surface area (Å²) in [6.45, 7) is 1.06. The minimum atomic E-state index is -0.866. The van der Waals surface area contributed by atoms with Crippen LogP contribution in [0.15, 0.2) is 30.5 Å². The summed E-state index contributed by atoms with van der Waals surface area (Å²) >= 11 is 6.22. The number of halogens is 1. The van der Waals surface area contributed by atoms with E-state index in [0.717, 1.165) is 23.0 Å². The maximum atomic E-state index is 10.9. The van der Waals surface area contributed by atoms with Crippen molar-refractivity contribution in [3.8, 4) is 0 Å². The average Bonchev–Trinajstić information content (AvgIpc) is 2.87. The van der Waals surface area contributed by atoms with Crippen molar-refractivity contribution in [1.82, 2.24) is 9.88 Å². The number of aromatic nitrogens is 1. The zero-order chi connectivity index (χ0) is 14.1. The Bertz CT molecular complexity index is 662. The highest BCUT2D eigenvalue weighted by Crippen LogP contribution is 2.27. The van der Waals surface area contributed by atoms with Crippen LogP contribution in [0.1, 0.15) is 6.42 Å². The quantitative estimate of drug-likeness (QED) is 0.892. The molecule has 5 nitrogen and oxygen atoms in total. The molecule has 0 radical (unpaired) electrons. The highest BCUT2D eigenvalue weighted by atomic mass is 35.5. The number of amides is 1. The van der Waals surface area contributed by atoms with Crippen LogP contribution in [-0.4, -0.2) is 40.2 Å². The molecule has 1 amide bonds. The van der Waals surface area contributed by atoms with Crippen LogP contribution in [0.5, 0.6) is 0 Å². The summed E-state index contributed by atoms with van der Waals surface area (Å²) < 4.78 is 0. The lowest BCUT2D eigenvalue weighted by Gasteiger charge is -2.15. The number of hydrogen-bond acceptors (Lipinski definition) is 3. The summed E-state index contributed by atoms with van der Waals surface area (Å²) in [5.41, 5.74) is 1.67. The van der Waals surface area contributed by atoms with Gasteiger partial charge in [0.2, 0.25) is 0 Å².